The predicted molar refractivity (Wildman–Crippen MR) is 99.9 cm³/mol. The van der Waals surface area contributed by atoms with Crippen LogP contribution in [0.3, 0.4) is 0 Å². The van der Waals surface area contributed by atoms with Crippen LogP contribution in [0.25, 0.3) is 12.2 Å². The summed E-state index contributed by atoms with van der Waals surface area (Å²) in [5.74, 6) is 0.150. The van der Waals surface area contributed by atoms with Crippen LogP contribution in [0.5, 0.6) is 11.5 Å². The molecule has 2 aromatic carbocycles. The molecule has 1 N–H and O–H groups in total. The summed E-state index contributed by atoms with van der Waals surface area (Å²) in [4.78, 5) is 19.9. The zero-order valence-electron chi connectivity index (χ0n) is 14.5. The van der Waals surface area contributed by atoms with Crippen molar-refractivity contribution in [3.05, 3.63) is 82.9 Å². The predicted octanol–water partition coefficient (Wildman–Crippen LogP) is 4.19. The van der Waals surface area contributed by atoms with Crippen LogP contribution < -0.4 is 4.74 Å². The van der Waals surface area contributed by atoms with Gasteiger partial charge in [-0.05, 0) is 60.4 Å². The normalized spacial score (nSPS) is 10.8. The second-order valence-corrected chi connectivity index (χ2v) is 5.93. The second-order valence-electron chi connectivity index (χ2n) is 5.93. The third-order valence-corrected chi connectivity index (χ3v) is 3.85. The van der Waals surface area contributed by atoms with Crippen molar-refractivity contribution >= 4 is 18.1 Å². The van der Waals surface area contributed by atoms with E-state index in [4.69, 9.17) is 4.74 Å². The molecule has 1 heterocycles. The number of esters is 1. The summed E-state index contributed by atoms with van der Waals surface area (Å²) in [7, 11) is 0. The molecule has 0 bridgehead atoms. The van der Waals surface area contributed by atoms with Crippen molar-refractivity contribution in [3.63, 3.8) is 0 Å². The lowest BCUT2D eigenvalue weighted by atomic mass is 10.0. The van der Waals surface area contributed by atoms with Crippen LogP contribution in [0.4, 0.5) is 0 Å². The first-order chi connectivity index (χ1) is 12.5. The summed E-state index contributed by atoms with van der Waals surface area (Å²) in [5, 5.41) is 9.85. The number of phenols is 1. The number of nitrogens with zero attached hydrogens (tertiary/aromatic N) is 2. The highest BCUT2D eigenvalue weighted by Crippen LogP contribution is 2.24. The van der Waals surface area contributed by atoms with Crippen LogP contribution in [-0.2, 0) is 0 Å². The minimum atomic E-state index is -0.466. The van der Waals surface area contributed by atoms with Gasteiger partial charge < -0.3 is 9.84 Å². The molecule has 3 aromatic rings. The highest BCUT2D eigenvalue weighted by atomic mass is 16.5. The number of hydrogen-bond donors (Lipinski definition) is 1. The summed E-state index contributed by atoms with van der Waals surface area (Å²) in [6, 6.07) is 11.0. The second kappa shape index (κ2) is 7.61. The highest BCUT2D eigenvalue weighted by molar-refractivity contribution is 5.92. The van der Waals surface area contributed by atoms with Gasteiger partial charge in [0.05, 0.1) is 18.0 Å². The van der Waals surface area contributed by atoms with Crippen molar-refractivity contribution in [1.29, 1.82) is 0 Å². The van der Waals surface area contributed by atoms with Gasteiger partial charge in [-0.2, -0.15) is 0 Å². The SMILES string of the molecule is Cc1cc(C=Cc2cccc(C(=O)Oc3cncnc3)c2)cc(C)c1O. The van der Waals surface area contributed by atoms with Gasteiger partial charge in [-0.15, -0.1) is 0 Å². The fourth-order valence-corrected chi connectivity index (χ4v) is 2.55. The number of aryl methyl sites for hydroxylation is 2. The highest BCUT2D eigenvalue weighted by Gasteiger charge is 2.09. The van der Waals surface area contributed by atoms with E-state index >= 15 is 0 Å². The zero-order valence-corrected chi connectivity index (χ0v) is 14.5. The van der Waals surface area contributed by atoms with Crippen molar-refractivity contribution in [2.75, 3.05) is 0 Å². The van der Waals surface area contributed by atoms with E-state index in [9.17, 15) is 9.90 Å². The maximum absolute atomic E-state index is 12.2. The van der Waals surface area contributed by atoms with E-state index < -0.39 is 5.97 Å². The Morgan fingerprint density at radius 2 is 1.65 bits per heavy atom. The molecule has 0 amide bonds. The molecule has 0 aliphatic heterocycles. The van der Waals surface area contributed by atoms with Gasteiger partial charge in [0, 0.05) is 0 Å². The molecule has 0 aliphatic carbocycles. The lowest BCUT2D eigenvalue weighted by Gasteiger charge is -2.05. The minimum absolute atomic E-state index is 0.300. The van der Waals surface area contributed by atoms with Crippen LogP contribution in [0.15, 0.2) is 55.1 Å². The Bertz CT molecular complexity index is 943. The minimum Gasteiger partial charge on any atom is -0.507 e. The van der Waals surface area contributed by atoms with Crippen LogP contribution in [0.1, 0.15) is 32.6 Å². The fraction of sp³-hybridized carbons (Fsp3) is 0.0952. The number of hydrogen-bond acceptors (Lipinski definition) is 5. The van der Waals surface area contributed by atoms with Crippen LogP contribution in [0, 0.1) is 13.8 Å². The number of carbonyl (C=O) groups excluding carboxylic acids is 1. The van der Waals surface area contributed by atoms with Gasteiger partial charge in [0.2, 0.25) is 0 Å². The molecule has 0 radical (unpaired) electrons. The largest absolute Gasteiger partial charge is 0.507 e. The first-order valence-electron chi connectivity index (χ1n) is 8.08. The molecule has 0 aliphatic rings. The summed E-state index contributed by atoms with van der Waals surface area (Å²) in [6.07, 6.45) is 8.09. The van der Waals surface area contributed by atoms with Crippen LogP contribution >= 0.6 is 0 Å². The van der Waals surface area contributed by atoms with E-state index in [1.54, 1.807) is 18.2 Å². The Labute approximate surface area is 151 Å². The van der Waals surface area contributed by atoms with E-state index in [0.717, 1.165) is 22.3 Å². The number of phenolic OH excluding ortho intramolecular Hbond substituents is 1. The van der Waals surface area contributed by atoms with Gasteiger partial charge in [-0.1, -0.05) is 24.3 Å². The molecular formula is C21H18N2O3. The summed E-state index contributed by atoms with van der Waals surface area (Å²) in [5.41, 5.74) is 3.94. The van der Waals surface area contributed by atoms with Crippen molar-refractivity contribution < 1.29 is 14.6 Å². The average Bonchev–Trinajstić information content (AvgIpc) is 2.65. The number of carbonyl (C=O) groups is 1. The van der Waals surface area contributed by atoms with Crippen LogP contribution in [-0.4, -0.2) is 21.0 Å². The summed E-state index contributed by atoms with van der Waals surface area (Å²) in [6.45, 7) is 3.73. The summed E-state index contributed by atoms with van der Waals surface area (Å²) >= 11 is 0. The monoisotopic (exact) mass is 346 g/mol. The maximum Gasteiger partial charge on any atom is 0.343 e. The molecule has 5 heteroatoms. The van der Waals surface area contributed by atoms with E-state index in [1.807, 2.05) is 44.2 Å². The molecule has 3 rings (SSSR count). The van der Waals surface area contributed by atoms with Gasteiger partial charge in [-0.25, -0.2) is 14.8 Å². The lowest BCUT2D eigenvalue weighted by molar-refractivity contribution is 0.0733. The van der Waals surface area contributed by atoms with Crippen molar-refractivity contribution in [3.8, 4) is 11.5 Å². The molecule has 0 fully saturated rings. The van der Waals surface area contributed by atoms with Crippen molar-refractivity contribution in [2.45, 2.75) is 13.8 Å². The van der Waals surface area contributed by atoms with E-state index in [2.05, 4.69) is 9.97 Å². The number of benzene rings is 2. The van der Waals surface area contributed by atoms with E-state index in [1.165, 1.54) is 18.7 Å². The Morgan fingerprint density at radius 3 is 2.35 bits per heavy atom. The smallest absolute Gasteiger partial charge is 0.343 e. The molecule has 1 aromatic heterocycles. The molecule has 130 valence electrons. The van der Waals surface area contributed by atoms with Crippen molar-refractivity contribution in [2.24, 2.45) is 0 Å². The Kier molecular flexibility index (Phi) is 5.08. The quantitative estimate of drug-likeness (QED) is 0.566. The molecule has 0 unspecified atom stereocenters. The summed E-state index contributed by atoms with van der Waals surface area (Å²) < 4.78 is 5.25. The Morgan fingerprint density at radius 1 is 1.00 bits per heavy atom. The Balaban J connectivity index is 1.78. The molecular weight excluding hydrogens is 328 g/mol. The Hall–Kier alpha value is -3.47. The maximum atomic E-state index is 12.2. The number of ether oxygens (including phenoxy) is 1. The molecule has 0 saturated carbocycles. The van der Waals surface area contributed by atoms with Gasteiger partial charge in [0.25, 0.3) is 0 Å². The lowest BCUT2D eigenvalue weighted by Crippen LogP contribution is -2.08. The van der Waals surface area contributed by atoms with Gasteiger partial charge >= 0.3 is 5.97 Å². The topological polar surface area (TPSA) is 72.3 Å². The van der Waals surface area contributed by atoms with Gasteiger partial charge in [-0.3, -0.25) is 0 Å². The zero-order chi connectivity index (χ0) is 18.5. The standard InChI is InChI=1S/C21H18N2O3/c1-14-8-17(9-15(2)20(14)24)7-6-16-4-3-5-18(10-16)21(25)26-19-11-22-13-23-12-19/h3-13,24H,1-2H3. The average molecular weight is 346 g/mol. The van der Waals surface area contributed by atoms with Crippen molar-refractivity contribution in [1.82, 2.24) is 9.97 Å². The number of rotatable bonds is 4. The first kappa shape index (κ1) is 17.4. The third-order valence-electron chi connectivity index (χ3n) is 3.85. The molecule has 5 nitrogen and oxygen atoms in total. The molecule has 26 heavy (non-hydrogen) atoms. The third kappa shape index (κ3) is 4.13. The van der Waals surface area contributed by atoms with Crippen LogP contribution in [0.2, 0.25) is 0 Å². The fourth-order valence-electron chi connectivity index (χ4n) is 2.55. The van der Waals surface area contributed by atoms with E-state index in [0.29, 0.717) is 17.1 Å². The molecule has 0 spiro atoms. The molecule has 0 atom stereocenters. The van der Waals surface area contributed by atoms with E-state index in [-0.39, 0.29) is 0 Å². The van der Waals surface area contributed by atoms with Gasteiger partial charge in [0.15, 0.2) is 5.75 Å². The molecule has 0 saturated heterocycles. The number of aromatic nitrogens is 2. The number of aromatic hydroxyl groups is 1. The first-order valence-corrected chi connectivity index (χ1v) is 8.08. The van der Waals surface area contributed by atoms with Gasteiger partial charge in [0.1, 0.15) is 12.1 Å².